The molecule has 0 aliphatic rings. The molecular formula is C17H21NO3S. The molecule has 0 radical (unpaired) electrons. The minimum Gasteiger partial charge on any atom is -0.495 e. The average molecular weight is 319 g/mol. The third-order valence-electron chi connectivity index (χ3n) is 3.40. The number of methoxy groups -OCH3 is 1. The molecule has 2 rings (SSSR count). The Morgan fingerprint density at radius 3 is 2.36 bits per heavy atom. The Labute approximate surface area is 132 Å². The van der Waals surface area contributed by atoms with E-state index in [4.69, 9.17) is 4.74 Å². The van der Waals surface area contributed by atoms with Crippen LogP contribution in [0.5, 0.6) is 5.75 Å². The van der Waals surface area contributed by atoms with E-state index in [0.717, 1.165) is 24.8 Å². The van der Waals surface area contributed by atoms with Crippen LogP contribution in [0.15, 0.2) is 53.4 Å². The zero-order chi connectivity index (χ0) is 16.0. The summed E-state index contributed by atoms with van der Waals surface area (Å²) in [6.07, 6.45) is 3.19. The maximum atomic E-state index is 12.4. The second kappa shape index (κ2) is 7.31. The topological polar surface area (TPSA) is 55.4 Å². The molecule has 0 aromatic heterocycles. The van der Waals surface area contributed by atoms with Gasteiger partial charge in [-0.2, -0.15) is 0 Å². The number of benzene rings is 2. The lowest BCUT2D eigenvalue weighted by Crippen LogP contribution is -2.13. The lowest BCUT2D eigenvalue weighted by atomic mass is 10.1. The third kappa shape index (κ3) is 4.01. The fourth-order valence-electron chi connectivity index (χ4n) is 2.15. The fourth-order valence-corrected chi connectivity index (χ4v) is 3.22. The third-order valence-corrected chi connectivity index (χ3v) is 4.79. The molecule has 0 bridgehead atoms. The minimum atomic E-state index is -3.61. The summed E-state index contributed by atoms with van der Waals surface area (Å²) in [5.41, 5.74) is 1.58. The van der Waals surface area contributed by atoms with Gasteiger partial charge < -0.3 is 4.74 Å². The van der Waals surface area contributed by atoms with Gasteiger partial charge in [-0.15, -0.1) is 0 Å². The number of sulfonamides is 1. The molecule has 0 aliphatic heterocycles. The molecule has 4 nitrogen and oxygen atoms in total. The number of para-hydroxylation sites is 2. The van der Waals surface area contributed by atoms with Crippen LogP contribution < -0.4 is 9.46 Å². The normalized spacial score (nSPS) is 11.2. The minimum absolute atomic E-state index is 0.249. The summed E-state index contributed by atoms with van der Waals surface area (Å²) in [7, 11) is -2.10. The van der Waals surface area contributed by atoms with Gasteiger partial charge >= 0.3 is 0 Å². The molecule has 0 heterocycles. The first-order valence-corrected chi connectivity index (χ1v) is 8.80. The monoisotopic (exact) mass is 319 g/mol. The molecule has 0 atom stereocenters. The molecule has 0 amide bonds. The lowest BCUT2D eigenvalue weighted by Gasteiger charge is -2.12. The first-order chi connectivity index (χ1) is 10.6. The quantitative estimate of drug-likeness (QED) is 0.843. The van der Waals surface area contributed by atoms with Crippen molar-refractivity contribution in [2.75, 3.05) is 11.8 Å². The van der Waals surface area contributed by atoms with Gasteiger partial charge in [0.2, 0.25) is 0 Å². The van der Waals surface area contributed by atoms with Crippen LogP contribution in [0.3, 0.4) is 0 Å². The van der Waals surface area contributed by atoms with Crippen LogP contribution in [0.4, 0.5) is 5.69 Å². The number of ether oxygens (including phenoxy) is 1. The molecule has 2 aromatic carbocycles. The summed E-state index contributed by atoms with van der Waals surface area (Å²) in [4.78, 5) is 0.249. The number of unbranched alkanes of at least 4 members (excludes halogenated alkanes) is 1. The van der Waals surface area contributed by atoms with Crippen LogP contribution in [0, 0.1) is 0 Å². The number of anilines is 1. The summed E-state index contributed by atoms with van der Waals surface area (Å²) < 4.78 is 32.6. The molecule has 22 heavy (non-hydrogen) atoms. The fraction of sp³-hybridized carbons (Fsp3) is 0.294. The Bertz CT molecular complexity index is 709. The number of hydrogen-bond donors (Lipinski definition) is 1. The Morgan fingerprint density at radius 1 is 1.05 bits per heavy atom. The van der Waals surface area contributed by atoms with Gasteiger partial charge in [0.15, 0.2) is 0 Å². The van der Waals surface area contributed by atoms with E-state index in [1.165, 1.54) is 7.11 Å². The number of rotatable bonds is 7. The maximum Gasteiger partial charge on any atom is 0.262 e. The summed E-state index contributed by atoms with van der Waals surface area (Å²) in [5.74, 6) is 0.491. The van der Waals surface area contributed by atoms with Crippen molar-refractivity contribution in [2.45, 2.75) is 31.1 Å². The smallest absolute Gasteiger partial charge is 0.262 e. The van der Waals surface area contributed by atoms with E-state index in [0.29, 0.717) is 11.4 Å². The van der Waals surface area contributed by atoms with Gasteiger partial charge in [0, 0.05) is 0 Å². The van der Waals surface area contributed by atoms with Crippen LogP contribution in [0.25, 0.3) is 0 Å². The highest BCUT2D eigenvalue weighted by molar-refractivity contribution is 7.92. The van der Waals surface area contributed by atoms with Gasteiger partial charge in [-0.25, -0.2) is 8.42 Å². The number of nitrogens with one attached hydrogen (secondary N) is 1. The summed E-state index contributed by atoms with van der Waals surface area (Å²) in [5, 5.41) is 0. The second-order valence-corrected chi connectivity index (χ2v) is 6.74. The molecule has 5 heteroatoms. The summed E-state index contributed by atoms with van der Waals surface area (Å²) in [6.45, 7) is 2.13. The van der Waals surface area contributed by atoms with Gasteiger partial charge in [-0.3, -0.25) is 4.72 Å². The van der Waals surface area contributed by atoms with Gasteiger partial charge in [0.05, 0.1) is 17.7 Å². The van der Waals surface area contributed by atoms with E-state index in [9.17, 15) is 8.42 Å². The van der Waals surface area contributed by atoms with Crippen LogP contribution in [-0.4, -0.2) is 15.5 Å². The van der Waals surface area contributed by atoms with Crippen LogP contribution in [0.2, 0.25) is 0 Å². The predicted octanol–water partition coefficient (Wildman–Crippen LogP) is 3.84. The molecule has 0 saturated heterocycles. The molecule has 118 valence electrons. The van der Waals surface area contributed by atoms with Crippen LogP contribution in [-0.2, 0) is 16.4 Å². The first kappa shape index (κ1) is 16.4. The highest BCUT2D eigenvalue weighted by atomic mass is 32.2. The molecule has 0 unspecified atom stereocenters. The van der Waals surface area contributed by atoms with Gasteiger partial charge in [-0.05, 0) is 42.7 Å². The lowest BCUT2D eigenvalue weighted by molar-refractivity contribution is 0.417. The number of aryl methyl sites for hydroxylation is 1. The average Bonchev–Trinajstić information content (AvgIpc) is 2.53. The molecule has 0 spiro atoms. The molecule has 0 saturated carbocycles. The maximum absolute atomic E-state index is 12.4. The van der Waals surface area contributed by atoms with Crippen molar-refractivity contribution in [3.8, 4) is 5.75 Å². The van der Waals surface area contributed by atoms with Gasteiger partial charge in [0.25, 0.3) is 10.0 Å². The van der Waals surface area contributed by atoms with Crippen molar-refractivity contribution in [2.24, 2.45) is 0 Å². The van der Waals surface area contributed by atoms with Crippen molar-refractivity contribution < 1.29 is 13.2 Å². The molecular weight excluding hydrogens is 298 g/mol. The summed E-state index contributed by atoms with van der Waals surface area (Å²) in [6, 6.07) is 14.0. The molecule has 0 fully saturated rings. The zero-order valence-electron chi connectivity index (χ0n) is 12.9. The number of hydrogen-bond acceptors (Lipinski definition) is 3. The van der Waals surface area contributed by atoms with Crippen molar-refractivity contribution in [1.29, 1.82) is 0 Å². The van der Waals surface area contributed by atoms with Gasteiger partial charge in [-0.1, -0.05) is 37.6 Å². The molecule has 2 aromatic rings. The van der Waals surface area contributed by atoms with Crippen LogP contribution in [0.1, 0.15) is 25.3 Å². The summed E-state index contributed by atoms with van der Waals surface area (Å²) >= 11 is 0. The van der Waals surface area contributed by atoms with Crippen molar-refractivity contribution in [1.82, 2.24) is 0 Å². The standard InChI is InChI=1S/C17H21NO3S/c1-3-4-7-14-10-12-15(13-11-14)22(19,20)18-16-8-5-6-9-17(16)21-2/h5-6,8-13,18H,3-4,7H2,1-2H3. The first-order valence-electron chi connectivity index (χ1n) is 7.31. The van der Waals surface area contributed by atoms with Crippen molar-refractivity contribution >= 4 is 15.7 Å². The highest BCUT2D eigenvalue weighted by Crippen LogP contribution is 2.26. The highest BCUT2D eigenvalue weighted by Gasteiger charge is 2.16. The van der Waals surface area contributed by atoms with E-state index in [1.54, 1.807) is 36.4 Å². The largest absolute Gasteiger partial charge is 0.495 e. The van der Waals surface area contributed by atoms with Crippen LogP contribution >= 0.6 is 0 Å². The zero-order valence-corrected chi connectivity index (χ0v) is 13.7. The van der Waals surface area contributed by atoms with Gasteiger partial charge in [0.1, 0.15) is 5.75 Å². The Hall–Kier alpha value is -2.01. The van der Waals surface area contributed by atoms with E-state index in [-0.39, 0.29) is 4.90 Å². The molecule has 1 N–H and O–H groups in total. The predicted molar refractivity (Wildman–Crippen MR) is 88.9 cm³/mol. The Balaban J connectivity index is 2.19. The van der Waals surface area contributed by atoms with E-state index >= 15 is 0 Å². The Morgan fingerprint density at radius 2 is 1.73 bits per heavy atom. The van der Waals surface area contributed by atoms with Crippen molar-refractivity contribution in [3.05, 3.63) is 54.1 Å². The van der Waals surface area contributed by atoms with E-state index < -0.39 is 10.0 Å². The molecule has 0 aliphatic carbocycles. The Kier molecular flexibility index (Phi) is 5.44. The van der Waals surface area contributed by atoms with E-state index in [1.807, 2.05) is 12.1 Å². The SMILES string of the molecule is CCCCc1ccc(S(=O)(=O)Nc2ccccc2OC)cc1. The second-order valence-electron chi connectivity index (χ2n) is 5.05. The van der Waals surface area contributed by atoms with Crippen molar-refractivity contribution in [3.63, 3.8) is 0 Å². The van der Waals surface area contributed by atoms with E-state index in [2.05, 4.69) is 11.6 Å².